The Morgan fingerprint density at radius 1 is 1.17 bits per heavy atom. The molecule has 0 amide bonds. The van der Waals surface area contributed by atoms with Gasteiger partial charge >= 0.3 is 0 Å². The summed E-state index contributed by atoms with van der Waals surface area (Å²) < 4.78 is 5.50. The lowest BCUT2D eigenvalue weighted by Gasteiger charge is -2.36. The fourth-order valence-electron chi connectivity index (χ4n) is 2.94. The predicted molar refractivity (Wildman–Crippen MR) is 97.2 cm³/mol. The van der Waals surface area contributed by atoms with Crippen LogP contribution in [0.1, 0.15) is 24.4 Å². The zero-order valence-corrected chi connectivity index (χ0v) is 15.1. The van der Waals surface area contributed by atoms with Crippen molar-refractivity contribution in [2.45, 2.75) is 19.9 Å². The van der Waals surface area contributed by atoms with Crippen LogP contribution >= 0.6 is 12.4 Å². The van der Waals surface area contributed by atoms with Crippen LogP contribution in [0.3, 0.4) is 0 Å². The fourth-order valence-corrected chi connectivity index (χ4v) is 2.94. The van der Waals surface area contributed by atoms with E-state index in [1.807, 2.05) is 12.1 Å². The Morgan fingerprint density at radius 2 is 1.83 bits per heavy atom. The third-order valence-electron chi connectivity index (χ3n) is 4.51. The maximum atomic E-state index is 5.62. The standard InChI is InChI=1S/C17H25N5O.ClH/c1-13-3-5-15(6-4-13)16-19-17(23-20-16)14(2)22-11-9-21(8-7-18)10-12-22;/h3-6,14H,7-12,18H2,1-2H3;1H. The van der Waals surface area contributed by atoms with Crippen LogP contribution in [-0.4, -0.2) is 59.2 Å². The summed E-state index contributed by atoms with van der Waals surface area (Å²) in [6.45, 7) is 9.98. The van der Waals surface area contributed by atoms with Crippen LogP contribution in [0, 0.1) is 6.92 Å². The summed E-state index contributed by atoms with van der Waals surface area (Å²) in [5.74, 6) is 1.35. The van der Waals surface area contributed by atoms with Crippen LogP contribution in [0.15, 0.2) is 28.8 Å². The molecule has 2 N–H and O–H groups in total. The van der Waals surface area contributed by atoms with E-state index in [0.29, 0.717) is 11.7 Å². The average molecular weight is 352 g/mol. The Bertz CT molecular complexity index is 622. The van der Waals surface area contributed by atoms with Crippen molar-refractivity contribution in [2.24, 2.45) is 5.73 Å². The Kier molecular flexibility index (Phi) is 6.74. The predicted octanol–water partition coefficient (Wildman–Crippen LogP) is 2.10. The molecule has 1 fully saturated rings. The minimum atomic E-state index is 0. The molecule has 2 aromatic rings. The van der Waals surface area contributed by atoms with Crippen molar-refractivity contribution in [2.75, 3.05) is 39.3 Å². The number of nitrogens with zero attached hydrogens (tertiary/aromatic N) is 4. The Morgan fingerprint density at radius 3 is 2.46 bits per heavy atom. The van der Waals surface area contributed by atoms with Gasteiger partial charge in [-0.05, 0) is 13.8 Å². The normalized spacial score (nSPS) is 17.5. The van der Waals surface area contributed by atoms with Gasteiger partial charge in [-0.15, -0.1) is 12.4 Å². The molecule has 0 bridgehead atoms. The highest BCUT2D eigenvalue weighted by molar-refractivity contribution is 5.85. The zero-order chi connectivity index (χ0) is 16.2. The van der Waals surface area contributed by atoms with Crippen LogP contribution in [0.5, 0.6) is 0 Å². The molecule has 1 unspecified atom stereocenters. The van der Waals surface area contributed by atoms with Crippen molar-refractivity contribution in [3.05, 3.63) is 35.7 Å². The van der Waals surface area contributed by atoms with E-state index in [2.05, 4.69) is 45.9 Å². The summed E-state index contributed by atoms with van der Waals surface area (Å²) in [5, 5.41) is 4.14. The van der Waals surface area contributed by atoms with Crippen molar-refractivity contribution >= 4 is 12.4 Å². The van der Waals surface area contributed by atoms with Gasteiger partial charge in [0.2, 0.25) is 11.7 Å². The van der Waals surface area contributed by atoms with Gasteiger partial charge in [0.25, 0.3) is 0 Å². The lowest BCUT2D eigenvalue weighted by Crippen LogP contribution is -2.48. The Labute approximate surface area is 149 Å². The molecular weight excluding hydrogens is 326 g/mol. The van der Waals surface area contributed by atoms with Gasteiger partial charge in [-0.25, -0.2) is 0 Å². The highest BCUT2D eigenvalue weighted by atomic mass is 35.5. The van der Waals surface area contributed by atoms with Crippen LogP contribution in [-0.2, 0) is 0 Å². The van der Waals surface area contributed by atoms with Crippen LogP contribution in [0.25, 0.3) is 11.4 Å². The second-order valence-corrected chi connectivity index (χ2v) is 6.16. The summed E-state index contributed by atoms with van der Waals surface area (Å²) in [4.78, 5) is 9.37. The molecule has 6 nitrogen and oxygen atoms in total. The van der Waals surface area contributed by atoms with Crippen LogP contribution in [0.4, 0.5) is 0 Å². The second kappa shape index (κ2) is 8.58. The molecule has 0 saturated carbocycles. The quantitative estimate of drug-likeness (QED) is 0.889. The summed E-state index contributed by atoms with van der Waals surface area (Å²) >= 11 is 0. The molecule has 7 heteroatoms. The van der Waals surface area contributed by atoms with E-state index >= 15 is 0 Å². The van der Waals surface area contributed by atoms with Crippen molar-refractivity contribution in [3.8, 4) is 11.4 Å². The topological polar surface area (TPSA) is 71.4 Å². The second-order valence-electron chi connectivity index (χ2n) is 6.16. The van der Waals surface area contributed by atoms with Gasteiger partial charge in [0.15, 0.2) is 0 Å². The minimum Gasteiger partial charge on any atom is -0.337 e. The minimum absolute atomic E-state index is 0. The van der Waals surface area contributed by atoms with Crippen LogP contribution < -0.4 is 5.73 Å². The van der Waals surface area contributed by atoms with E-state index in [1.165, 1.54) is 5.56 Å². The first-order valence-corrected chi connectivity index (χ1v) is 8.24. The van der Waals surface area contributed by atoms with Gasteiger partial charge in [0.1, 0.15) is 0 Å². The maximum absolute atomic E-state index is 5.62. The van der Waals surface area contributed by atoms with Crippen LogP contribution in [0.2, 0.25) is 0 Å². The van der Waals surface area contributed by atoms with Gasteiger partial charge in [-0.2, -0.15) is 4.98 Å². The van der Waals surface area contributed by atoms with E-state index < -0.39 is 0 Å². The molecule has 1 aliphatic heterocycles. The first kappa shape index (κ1) is 18.9. The first-order chi connectivity index (χ1) is 11.2. The number of hydrogen-bond donors (Lipinski definition) is 1. The summed E-state index contributed by atoms with van der Waals surface area (Å²) in [5.41, 5.74) is 7.84. The zero-order valence-electron chi connectivity index (χ0n) is 14.3. The number of rotatable bonds is 5. The van der Waals surface area contributed by atoms with Gasteiger partial charge in [-0.1, -0.05) is 35.0 Å². The number of hydrogen-bond acceptors (Lipinski definition) is 6. The Hall–Kier alpha value is -1.47. The molecule has 0 aliphatic carbocycles. The molecule has 1 aromatic carbocycles. The van der Waals surface area contributed by atoms with E-state index in [4.69, 9.17) is 10.3 Å². The van der Waals surface area contributed by atoms with E-state index in [0.717, 1.165) is 44.8 Å². The lowest BCUT2D eigenvalue weighted by atomic mass is 10.1. The summed E-state index contributed by atoms with van der Waals surface area (Å²) in [7, 11) is 0. The van der Waals surface area contributed by atoms with Gasteiger partial charge < -0.3 is 10.3 Å². The molecule has 0 spiro atoms. The summed E-state index contributed by atoms with van der Waals surface area (Å²) in [6.07, 6.45) is 0. The van der Waals surface area contributed by atoms with E-state index in [9.17, 15) is 0 Å². The molecule has 3 rings (SSSR count). The highest BCUT2D eigenvalue weighted by Gasteiger charge is 2.25. The lowest BCUT2D eigenvalue weighted by molar-refractivity contribution is 0.0901. The third-order valence-corrected chi connectivity index (χ3v) is 4.51. The monoisotopic (exact) mass is 351 g/mol. The van der Waals surface area contributed by atoms with Crippen molar-refractivity contribution < 1.29 is 4.52 Å². The molecule has 132 valence electrons. The smallest absolute Gasteiger partial charge is 0.244 e. The van der Waals surface area contributed by atoms with E-state index in [1.54, 1.807) is 0 Å². The largest absolute Gasteiger partial charge is 0.337 e. The maximum Gasteiger partial charge on any atom is 0.244 e. The van der Waals surface area contributed by atoms with Gasteiger partial charge in [0, 0.05) is 44.8 Å². The molecule has 0 radical (unpaired) electrons. The highest BCUT2D eigenvalue weighted by Crippen LogP contribution is 2.23. The fraction of sp³-hybridized carbons (Fsp3) is 0.529. The SMILES string of the molecule is Cc1ccc(-c2noc(C(C)N3CCN(CCN)CC3)n2)cc1.Cl. The number of piperazine rings is 1. The van der Waals surface area contributed by atoms with Crippen molar-refractivity contribution in [1.29, 1.82) is 0 Å². The number of benzene rings is 1. The molecule has 1 saturated heterocycles. The molecule has 1 aliphatic rings. The average Bonchev–Trinajstić information content (AvgIpc) is 3.06. The molecule has 1 aromatic heterocycles. The summed E-state index contributed by atoms with van der Waals surface area (Å²) in [6, 6.07) is 8.32. The van der Waals surface area contributed by atoms with Gasteiger partial charge in [0.05, 0.1) is 6.04 Å². The molecule has 1 atom stereocenters. The number of aromatic nitrogens is 2. The molecular formula is C17H26ClN5O. The van der Waals surface area contributed by atoms with Crippen molar-refractivity contribution in [3.63, 3.8) is 0 Å². The number of halogens is 1. The number of aryl methyl sites for hydroxylation is 1. The Balaban J connectivity index is 0.00000208. The van der Waals surface area contributed by atoms with Gasteiger partial charge in [-0.3, -0.25) is 9.80 Å². The van der Waals surface area contributed by atoms with Crippen molar-refractivity contribution in [1.82, 2.24) is 19.9 Å². The third kappa shape index (κ3) is 4.33. The first-order valence-electron chi connectivity index (χ1n) is 8.24. The molecule has 24 heavy (non-hydrogen) atoms. The number of nitrogens with two attached hydrogens (primary N) is 1. The van der Waals surface area contributed by atoms with E-state index in [-0.39, 0.29) is 18.4 Å². The molecule has 2 heterocycles.